The summed E-state index contributed by atoms with van der Waals surface area (Å²) in [4.78, 5) is 26.0. The van der Waals surface area contributed by atoms with Crippen LogP contribution in [0.2, 0.25) is 0 Å². The molecule has 0 aromatic carbocycles. The van der Waals surface area contributed by atoms with E-state index in [1.807, 2.05) is 4.90 Å². The highest BCUT2D eigenvalue weighted by Crippen LogP contribution is 2.42. The molecule has 4 nitrogen and oxygen atoms in total. The molecule has 1 rings (SSSR count). The first kappa shape index (κ1) is 17.0. The predicted molar refractivity (Wildman–Crippen MR) is 79.5 cm³/mol. The van der Waals surface area contributed by atoms with Crippen molar-refractivity contribution >= 4 is 11.9 Å². The van der Waals surface area contributed by atoms with Crippen molar-refractivity contribution < 1.29 is 14.7 Å². The summed E-state index contributed by atoms with van der Waals surface area (Å²) in [5.41, 5.74) is -0.797. The lowest BCUT2D eigenvalue weighted by Gasteiger charge is -2.32. The van der Waals surface area contributed by atoms with Crippen LogP contribution in [0.1, 0.15) is 72.1 Å². The zero-order valence-corrected chi connectivity index (χ0v) is 13.2. The van der Waals surface area contributed by atoms with Gasteiger partial charge in [0.1, 0.15) is 0 Å². The largest absolute Gasteiger partial charge is 0.481 e. The highest BCUT2D eigenvalue weighted by atomic mass is 16.4. The maximum atomic E-state index is 12.6. The Hall–Kier alpha value is -1.06. The molecule has 0 bridgehead atoms. The maximum absolute atomic E-state index is 12.6. The normalized spacial score (nSPS) is 18.8. The summed E-state index contributed by atoms with van der Waals surface area (Å²) in [6.07, 6.45) is 6.27. The number of carboxylic acids is 1. The van der Waals surface area contributed by atoms with Crippen molar-refractivity contribution in [2.75, 3.05) is 6.54 Å². The molecule has 1 amide bonds. The van der Waals surface area contributed by atoms with Crippen molar-refractivity contribution in [2.45, 2.75) is 78.2 Å². The van der Waals surface area contributed by atoms with E-state index in [2.05, 4.69) is 20.8 Å². The summed E-state index contributed by atoms with van der Waals surface area (Å²) >= 11 is 0. The minimum absolute atomic E-state index is 0.0251. The van der Waals surface area contributed by atoms with Gasteiger partial charge in [-0.3, -0.25) is 9.59 Å². The number of hydrogen-bond acceptors (Lipinski definition) is 2. The van der Waals surface area contributed by atoms with Crippen LogP contribution >= 0.6 is 0 Å². The van der Waals surface area contributed by atoms with Crippen molar-refractivity contribution in [3.05, 3.63) is 0 Å². The summed E-state index contributed by atoms with van der Waals surface area (Å²) in [5, 5.41) is 9.50. The Labute approximate surface area is 122 Å². The number of aliphatic carboxylic acids is 1. The zero-order valence-electron chi connectivity index (χ0n) is 13.2. The van der Waals surface area contributed by atoms with E-state index in [0.29, 0.717) is 12.8 Å². The second-order valence-electron chi connectivity index (χ2n) is 6.17. The van der Waals surface area contributed by atoms with E-state index >= 15 is 0 Å². The van der Waals surface area contributed by atoms with Crippen molar-refractivity contribution in [1.29, 1.82) is 0 Å². The molecule has 0 aromatic heterocycles. The van der Waals surface area contributed by atoms with Crippen LogP contribution in [0.25, 0.3) is 0 Å². The number of carbonyl (C=O) groups is 2. The van der Waals surface area contributed by atoms with E-state index in [0.717, 1.165) is 38.6 Å². The second kappa shape index (κ2) is 7.65. The molecule has 0 heterocycles. The number of hydrogen-bond donors (Lipinski definition) is 1. The average Bonchev–Trinajstić information content (AvgIpc) is 2.88. The van der Waals surface area contributed by atoms with Crippen LogP contribution < -0.4 is 0 Å². The van der Waals surface area contributed by atoms with Gasteiger partial charge in [-0.15, -0.1) is 0 Å². The topological polar surface area (TPSA) is 57.6 Å². The Balaban J connectivity index is 2.75. The molecule has 0 aromatic rings. The number of amides is 1. The molecule has 1 atom stereocenters. The summed E-state index contributed by atoms with van der Waals surface area (Å²) in [7, 11) is 0. The Morgan fingerprint density at radius 3 is 2.30 bits per heavy atom. The Morgan fingerprint density at radius 2 is 1.85 bits per heavy atom. The van der Waals surface area contributed by atoms with Crippen molar-refractivity contribution in [3.8, 4) is 0 Å². The highest BCUT2D eigenvalue weighted by Gasteiger charge is 2.44. The van der Waals surface area contributed by atoms with Gasteiger partial charge in [-0.1, -0.05) is 33.1 Å². The monoisotopic (exact) mass is 283 g/mol. The van der Waals surface area contributed by atoms with Crippen molar-refractivity contribution in [1.82, 2.24) is 4.90 Å². The van der Waals surface area contributed by atoms with E-state index in [4.69, 9.17) is 0 Å². The van der Waals surface area contributed by atoms with E-state index in [-0.39, 0.29) is 18.4 Å². The SMILES string of the molecule is CCCCN(C(=O)CC1(C(=O)O)CCCC1)C(C)CC. The molecule has 4 heteroatoms. The molecule has 0 radical (unpaired) electrons. The van der Waals surface area contributed by atoms with Crippen LogP contribution in [0.5, 0.6) is 0 Å². The quantitative estimate of drug-likeness (QED) is 0.742. The summed E-state index contributed by atoms with van der Waals surface area (Å²) in [5.74, 6) is -0.764. The van der Waals surface area contributed by atoms with Gasteiger partial charge in [-0.2, -0.15) is 0 Å². The minimum Gasteiger partial charge on any atom is -0.481 e. The van der Waals surface area contributed by atoms with Gasteiger partial charge in [-0.25, -0.2) is 0 Å². The van der Waals surface area contributed by atoms with Crippen LogP contribution in [0.3, 0.4) is 0 Å². The molecule has 1 N–H and O–H groups in total. The third kappa shape index (κ3) is 3.97. The fourth-order valence-electron chi connectivity index (χ4n) is 3.05. The van der Waals surface area contributed by atoms with Crippen LogP contribution in [0.4, 0.5) is 0 Å². The first-order valence-electron chi connectivity index (χ1n) is 7.99. The molecule has 0 aliphatic heterocycles. The fraction of sp³-hybridized carbons (Fsp3) is 0.875. The molecule has 1 saturated carbocycles. The van der Waals surface area contributed by atoms with Gasteiger partial charge in [0.15, 0.2) is 0 Å². The minimum atomic E-state index is -0.797. The number of carbonyl (C=O) groups excluding carboxylic acids is 1. The van der Waals surface area contributed by atoms with E-state index in [1.54, 1.807) is 0 Å². The van der Waals surface area contributed by atoms with Gasteiger partial charge < -0.3 is 10.0 Å². The van der Waals surface area contributed by atoms with Gasteiger partial charge in [0.25, 0.3) is 0 Å². The fourth-order valence-corrected chi connectivity index (χ4v) is 3.05. The molecular weight excluding hydrogens is 254 g/mol. The van der Waals surface area contributed by atoms with Crippen LogP contribution in [-0.2, 0) is 9.59 Å². The van der Waals surface area contributed by atoms with Gasteiger partial charge in [0.05, 0.1) is 5.41 Å². The molecule has 1 unspecified atom stereocenters. The van der Waals surface area contributed by atoms with Gasteiger partial charge >= 0.3 is 5.97 Å². The molecule has 1 aliphatic rings. The predicted octanol–water partition coefficient (Wildman–Crippen LogP) is 3.45. The molecular formula is C16H29NO3. The van der Waals surface area contributed by atoms with E-state index in [1.165, 1.54) is 0 Å². The van der Waals surface area contributed by atoms with E-state index < -0.39 is 11.4 Å². The molecule has 116 valence electrons. The number of carboxylic acid groups (broad SMARTS) is 1. The Kier molecular flexibility index (Phi) is 6.50. The van der Waals surface area contributed by atoms with Crippen LogP contribution in [-0.4, -0.2) is 34.5 Å². The molecule has 0 saturated heterocycles. The number of rotatable bonds is 8. The number of unbranched alkanes of at least 4 members (excludes halogenated alkanes) is 1. The Morgan fingerprint density at radius 1 is 1.25 bits per heavy atom. The first-order valence-corrected chi connectivity index (χ1v) is 7.99. The molecule has 0 spiro atoms. The summed E-state index contributed by atoms with van der Waals surface area (Å²) in [6.45, 7) is 6.98. The van der Waals surface area contributed by atoms with Gasteiger partial charge in [-0.05, 0) is 32.6 Å². The molecule has 1 aliphatic carbocycles. The van der Waals surface area contributed by atoms with Crippen LogP contribution in [0, 0.1) is 5.41 Å². The number of nitrogens with zero attached hydrogens (tertiary/aromatic N) is 1. The van der Waals surface area contributed by atoms with Crippen molar-refractivity contribution in [2.24, 2.45) is 5.41 Å². The average molecular weight is 283 g/mol. The van der Waals surface area contributed by atoms with E-state index in [9.17, 15) is 14.7 Å². The highest BCUT2D eigenvalue weighted by molar-refractivity contribution is 5.85. The first-order chi connectivity index (χ1) is 9.46. The second-order valence-corrected chi connectivity index (χ2v) is 6.17. The lowest BCUT2D eigenvalue weighted by Crippen LogP contribution is -2.43. The lowest BCUT2D eigenvalue weighted by atomic mass is 9.82. The smallest absolute Gasteiger partial charge is 0.310 e. The van der Waals surface area contributed by atoms with Crippen molar-refractivity contribution in [3.63, 3.8) is 0 Å². The van der Waals surface area contributed by atoms with Gasteiger partial charge in [0, 0.05) is 19.0 Å². The maximum Gasteiger partial charge on any atom is 0.310 e. The third-order valence-electron chi connectivity index (χ3n) is 4.70. The molecule has 20 heavy (non-hydrogen) atoms. The lowest BCUT2D eigenvalue weighted by molar-refractivity contribution is -0.154. The Bertz CT molecular complexity index is 335. The standard InChI is InChI=1S/C16H29NO3/c1-4-6-11-17(13(3)5-2)14(18)12-16(15(19)20)9-7-8-10-16/h13H,4-12H2,1-3H3,(H,19,20). The summed E-state index contributed by atoms with van der Waals surface area (Å²) in [6, 6.07) is 0.196. The zero-order chi connectivity index (χ0) is 15.2. The van der Waals surface area contributed by atoms with Gasteiger partial charge in [0.2, 0.25) is 5.91 Å². The summed E-state index contributed by atoms with van der Waals surface area (Å²) < 4.78 is 0. The molecule has 1 fully saturated rings. The van der Waals surface area contributed by atoms with Crippen LogP contribution in [0.15, 0.2) is 0 Å². The third-order valence-corrected chi connectivity index (χ3v) is 4.70.